The van der Waals surface area contributed by atoms with Crippen LogP contribution in [0.5, 0.6) is 0 Å². The second-order valence-corrected chi connectivity index (χ2v) is 7.78. The molecular formula is C24H23N5O2. The molecule has 1 aliphatic rings. The van der Waals surface area contributed by atoms with Crippen LogP contribution in [-0.4, -0.2) is 33.3 Å². The van der Waals surface area contributed by atoms with Crippen LogP contribution in [0.1, 0.15) is 35.7 Å². The van der Waals surface area contributed by atoms with Gasteiger partial charge in [0.15, 0.2) is 5.82 Å². The van der Waals surface area contributed by atoms with Crippen molar-refractivity contribution in [2.45, 2.75) is 24.7 Å². The minimum absolute atomic E-state index is 0.268. The summed E-state index contributed by atoms with van der Waals surface area (Å²) in [6, 6.07) is 18.6. The minimum atomic E-state index is -0.327. The third kappa shape index (κ3) is 3.92. The summed E-state index contributed by atoms with van der Waals surface area (Å²) < 4.78 is 11.3. The van der Waals surface area contributed by atoms with Crippen LogP contribution in [0.2, 0.25) is 0 Å². The van der Waals surface area contributed by atoms with Crippen molar-refractivity contribution in [3.05, 3.63) is 89.8 Å². The van der Waals surface area contributed by atoms with Gasteiger partial charge in [0.2, 0.25) is 11.8 Å². The molecule has 0 radical (unpaired) electrons. The Morgan fingerprint density at radius 2 is 1.58 bits per heavy atom. The number of hydrogen-bond donors (Lipinski definition) is 1. The van der Waals surface area contributed by atoms with Crippen molar-refractivity contribution in [3.8, 4) is 11.1 Å². The van der Waals surface area contributed by atoms with Gasteiger partial charge < -0.3 is 15.0 Å². The lowest BCUT2D eigenvalue weighted by Gasteiger charge is -2.35. The van der Waals surface area contributed by atoms with Crippen molar-refractivity contribution >= 4 is 5.95 Å². The first-order valence-electron chi connectivity index (χ1n) is 10.4. The summed E-state index contributed by atoms with van der Waals surface area (Å²) in [6.45, 7) is 1.33. The number of hydrogen-bond acceptors (Lipinski definition) is 7. The summed E-state index contributed by atoms with van der Waals surface area (Å²) in [5.41, 5.74) is 9.53. The number of nitrogens with zero attached hydrogens (tertiary/aromatic N) is 4. The van der Waals surface area contributed by atoms with Gasteiger partial charge in [-0.1, -0.05) is 59.8 Å². The third-order valence-electron chi connectivity index (χ3n) is 5.88. The van der Waals surface area contributed by atoms with E-state index in [1.807, 2.05) is 18.2 Å². The average Bonchev–Trinajstić information content (AvgIpc) is 3.30. The van der Waals surface area contributed by atoms with Gasteiger partial charge in [0.05, 0.1) is 11.8 Å². The fourth-order valence-corrected chi connectivity index (χ4v) is 4.12. The molecule has 5 rings (SSSR count). The van der Waals surface area contributed by atoms with E-state index < -0.39 is 0 Å². The molecule has 3 heterocycles. The molecule has 2 aromatic carbocycles. The van der Waals surface area contributed by atoms with Crippen LogP contribution in [0.25, 0.3) is 11.1 Å². The van der Waals surface area contributed by atoms with Crippen LogP contribution >= 0.6 is 0 Å². The summed E-state index contributed by atoms with van der Waals surface area (Å²) in [5.74, 6) is 1.62. The smallest absolute Gasteiger partial charge is 0.231 e. The second-order valence-electron chi connectivity index (χ2n) is 7.78. The van der Waals surface area contributed by atoms with Crippen molar-refractivity contribution in [1.29, 1.82) is 0 Å². The van der Waals surface area contributed by atoms with Gasteiger partial charge in [-0.3, -0.25) is 0 Å². The molecule has 0 saturated carbocycles. The molecule has 7 heteroatoms. The number of aromatic nitrogens is 4. The molecule has 1 fully saturated rings. The Kier molecular flexibility index (Phi) is 5.18. The monoisotopic (exact) mass is 413 g/mol. The van der Waals surface area contributed by atoms with Gasteiger partial charge in [0.25, 0.3) is 0 Å². The molecule has 1 aliphatic heterocycles. The maximum Gasteiger partial charge on any atom is 0.231 e. The molecule has 1 saturated heterocycles. The zero-order valence-corrected chi connectivity index (χ0v) is 17.1. The lowest BCUT2D eigenvalue weighted by atomic mass is 9.73. The Morgan fingerprint density at radius 1 is 0.871 bits per heavy atom. The van der Waals surface area contributed by atoms with Gasteiger partial charge in [0.1, 0.15) is 0 Å². The van der Waals surface area contributed by atoms with Crippen LogP contribution in [0.3, 0.4) is 0 Å². The van der Waals surface area contributed by atoms with Crippen LogP contribution in [-0.2, 0) is 16.6 Å². The second kappa shape index (κ2) is 8.28. The van der Waals surface area contributed by atoms with Gasteiger partial charge in [-0.2, -0.15) is 4.98 Å². The predicted octanol–water partition coefficient (Wildman–Crippen LogP) is 3.80. The Bertz CT molecular complexity index is 1130. The highest BCUT2D eigenvalue weighted by Crippen LogP contribution is 2.40. The molecule has 7 nitrogen and oxygen atoms in total. The summed E-state index contributed by atoms with van der Waals surface area (Å²) in [6.07, 6.45) is 5.70. The molecular weight excluding hydrogens is 390 g/mol. The van der Waals surface area contributed by atoms with E-state index >= 15 is 0 Å². The molecule has 0 atom stereocenters. The van der Waals surface area contributed by atoms with Crippen molar-refractivity contribution in [2.24, 2.45) is 0 Å². The van der Waals surface area contributed by atoms with E-state index in [4.69, 9.17) is 20.0 Å². The maximum atomic E-state index is 5.66. The molecule has 0 spiro atoms. The highest BCUT2D eigenvalue weighted by Gasteiger charge is 2.40. The Morgan fingerprint density at radius 3 is 2.29 bits per heavy atom. The standard InChI is InChI=1S/C24H23N5O2/c25-23-26-15-19(16-27-23)18-6-8-20(9-7-18)24(10-12-30-13-11-24)22-28-21(31-29-22)14-17-4-2-1-3-5-17/h1-9,15-16H,10-14H2,(H2,25,26,27). The first-order valence-corrected chi connectivity index (χ1v) is 10.4. The van der Waals surface area contributed by atoms with E-state index in [1.165, 1.54) is 0 Å². The third-order valence-corrected chi connectivity index (χ3v) is 5.88. The van der Waals surface area contributed by atoms with Crippen LogP contribution in [0.15, 0.2) is 71.5 Å². The van der Waals surface area contributed by atoms with Gasteiger partial charge in [-0.05, 0) is 29.5 Å². The molecule has 2 N–H and O–H groups in total. The first kappa shape index (κ1) is 19.4. The van der Waals surface area contributed by atoms with Crippen LogP contribution in [0.4, 0.5) is 5.95 Å². The molecule has 0 aliphatic carbocycles. The van der Waals surface area contributed by atoms with E-state index in [0.717, 1.165) is 40.9 Å². The van der Waals surface area contributed by atoms with Gasteiger partial charge in [-0.15, -0.1) is 0 Å². The Hall–Kier alpha value is -3.58. The number of ether oxygens (including phenoxy) is 1. The largest absolute Gasteiger partial charge is 0.381 e. The minimum Gasteiger partial charge on any atom is -0.381 e. The van der Waals surface area contributed by atoms with Gasteiger partial charge in [-0.25, -0.2) is 9.97 Å². The maximum absolute atomic E-state index is 5.66. The Labute approximate surface area is 180 Å². The molecule has 0 bridgehead atoms. The van der Waals surface area contributed by atoms with Gasteiger partial charge in [0, 0.05) is 31.2 Å². The van der Waals surface area contributed by atoms with E-state index in [0.29, 0.717) is 25.5 Å². The van der Waals surface area contributed by atoms with Crippen molar-refractivity contribution in [3.63, 3.8) is 0 Å². The van der Waals surface area contributed by atoms with Crippen molar-refractivity contribution in [1.82, 2.24) is 20.1 Å². The molecule has 2 aromatic heterocycles. The van der Waals surface area contributed by atoms with E-state index in [1.54, 1.807) is 12.4 Å². The van der Waals surface area contributed by atoms with E-state index in [2.05, 4.69) is 51.5 Å². The van der Waals surface area contributed by atoms with E-state index in [-0.39, 0.29) is 11.4 Å². The average molecular weight is 413 g/mol. The topological polar surface area (TPSA) is 100.0 Å². The number of anilines is 1. The molecule has 31 heavy (non-hydrogen) atoms. The summed E-state index contributed by atoms with van der Waals surface area (Å²) in [7, 11) is 0. The summed E-state index contributed by atoms with van der Waals surface area (Å²) in [5, 5.41) is 4.40. The number of nitrogen functional groups attached to an aromatic ring is 1. The normalized spacial score (nSPS) is 15.6. The SMILES string of the molecule is Nc1ncc(-c2ccc(C3(c4noc(Cc5ccccc5)n4)CCOCC3)cc2)cn1. The fraction of sp³-hybridized carbons (Fsp3) is 0.250. The zero-order valence-electron chi connectivity index (χ0n) is 17.1. The number of nitrogens with two attached hydrogens (primary N) is 1. The first-order chi connectivity index (χ1) is 15.2. The lowest BCUT2D eigenvalue weighted by Crippen LogP contribution is -2.36. The quantitative estimate of drug-likeness (QED) is 0.531. The number of rotatable bonds is 5. The van der Waals surface area contributed by atoms with Crippen molar-refractivity contribution < 1.29 is 9.26 Å². The fourth-order valence-electron chi connectivity index (χ4n) is 4.12. The van der Waals surface area contributed by atoms with Crippen molar-refractivity contribution in [2.75, 3.05) is 18.9 Å². The molecule has 4 aromatic rings. The van der Waals surface area contributed by atoms with Crippen LogP contribution < -0.4 is 5.73 Å². The summed E-state index contributed by atoms with van der Waals surface area (Å²) >= 11 is 0. The highest BCUT2D eigenvalue weighted by molar-refractivity contribution is 5.62. The Balaban J connectivity index is 1.46. The molecule has 156 valence electrons. The summed E-state index contributed by atoms with van der Waals surface area (Å²) in [4.78, 5) is 13.0. The molecule has 0 amide bonds. The van der Waals surface area contributed by atoms with Gasteiger partial charge >= 0.3 is 0 Å². The lowest BCUT2D eigenvalue weighted by molar-refractivity contribution is 0.0597. The predicted molar refractivity (Wildman–Crippen MR) is 116 cm³/mol. The highest BCUT2D eigenvalue weighted by atomic mass is 16.5. The zero-order chi connectivity index (χ0) is 21.1. The van der Waals surface area contributed by atoms with Crippen LogP contribution in [0, 0.1) is 0 Å². The number of benzene rings is 2. The molecule has 0 unspecified atom stereocenters. The van der Waals surface area contributed by atoms with E-state index in [9.17, 15) is 0 Å².